The minimum absolute atomic E-state index is 0.0208. The van der Waals surface area contributed by atoms with Gasteiger partial charge in [-0.1, -0.05) is 29.3 Å². The van der Waals surface area contributed by atoms with Crippen molar-refractivity contribution in [2.24, 2.45) is 0 Å². The smallest absolute Gasteiger partial charge is 0.237 e. The van der Waals surface area contributed by atoms with E-state index in [4.69, 9.17) is 23.2 Å². The van der Waals surface area contributed by atoms with Crippen molar-refractivity contribution in [3.63, 3.8) is 0 Å². The number of benzene rings is 1. The summed E-state index contributed by atoms with van der Waals surface area (Å²) in [5.74, 6) is -0.0208. The van der Waals surface area contributed by atoms with Crippen LogP contribution in [0.5, 0.6) is 0 Å². The molecule has 3 nitrogen and oxygen atoms in total. The molecule has 1 aromatic carbocycles. The Kier molecular flexibility index (Phi) is 5.65. The van der Waals surface area contributed by atoms with E-state index in [1.165, 1.54) is 0 Å². The highest BCUT2D eigenvalue weighted by atomic mass is 35.5. The van der Waals surface area contributed by atoms with Crippen molar-refractivity contribution in [1.29, 1.82) is 0 Å². The molecule has 0 saturated heterocycles. The number of nitrogens with one attached hydrogen (secondary N) is 2. The van der Waals surface area contributed by atoms with E-state index in [9.17, 15) is 4.79 Å². The molecule has 0 radical (unpaired) electrons. The van der Waals surface area contributed by atoms with Crippen molar-refractivity contribution in [3.8, 4) is 0 Å². The zero-order valence-electron chi connectivity index (χ0n) is 11.7. The first kappa shape index (κ1) is 16.3. The van der Waals surface area contributed by atoms with Gasteiger partial charge in [0.25, 0.3) is 0 Å². The van der Waals surface area contributed by atoms with Crippen LogP contribution < -0.4 is 10.6 Å². The van der Waals surface area contributed by atoms with Crippen molar-refractivity contribution < 1.29 is 4.79 Å². The number of carbonyl (C=O) groups is 1. The summed E-state index contributed by atoms with van der Waals surface area (Å²) < 4.78 is 0. The van der Waals surface area contributed by atoms with Gasteiger partial charge in [-0.15, -0.1) is 0 Å². The standard InChI is InChI=1S/C14H20Cl2N2O/c1-9(13(19)18-14(2,3)4)17-8-10-5-6-11(15)12(16)7-10/h5-7,9,17H,8H2,1-4H3,(H,18,19). The molecule has 1 rings (SSSR count). The highest BCUT2D eigenvalue weighted by Gasteiger charge is 2.18. The molecule has 0 saturated carbocycles. The predicted molar refractivity (Wildman–Crippen MR) is 80.7 cm³/mol. The summed E-state index contributed by atoms with van der Waals surface area (Å²) in [6.45, 7) is 8.26. The topological polar surface area (TPSA) is 41.1 Å². The molecule has 0 aliphatic carbocycles. The molecule has 5 heteroatoms. The van der Waals surface area contributed by atoms with Gasteiger partial charge < -0.3 is 10.6 Å². The summed E-state index contributed by atoms with van der Waals surface area (Å²) in [6.07, 6.45) is 0. The average molecular weight is 303 g/mol. The third-order valence-corrected chi connectivity index (χ3v) is 3.23. The van der Waals surface area contributed by atoms with Crippen molar-refractivity contribution in [2.45, 2.75) is 45.8 Å². The highest BCUT2D eigenvalue weighted by molar-refractivity contribution is 6.42. The first-order valence-corrected chi connectivity index (χ1v) is 6.94. The van der Waals surface area contributed by atoms with Crippen molar-refractivity contribution in [1.82, 2.24) is 10.6 Å². The van der Waals surface area contributed by atoms with Gasteiger partial charge in [0.05, 0.1) is 16.1 Å². The third kappa shape index (κ3) is 5.81. The Labute approximate surface area is 124 Å². The van der Waals surface area contributed by atoms with Gasteiger partial charge in [-0.05, 0) is 45.4 Å². The fourth-order valence-corrected chi connectivity index (χ4v) is 1.81. The third-order valence-electron chi connectivity index (χ3n) is 2.49. The summed E-state index contributed by atoms with van der Waals surface area (Å²) in [6, 6.07) is 5.16. The summed E-state index contributed by atoms with van der Waals surface area (Å²) in [5, 5.41) is 7.13. The number of rotatable bonds is 4. The van der Waals surface area contributed by atoms with Gasteiger partial charge in [0.15, 0.2) is 0 Å². The number of carbonyl (C=O) groups excluding carboxylic acids is 1. The number of amides is 1. The number of halogens is 2. The molecule has 0 bridgehead atoms. The van der Waals surface area contributed by atoms with Crippen molar-refractivity contribution in [3.05, 3.63) is 33.8 Å². The highest BCUT2D eigenvalue weighted by Crippen LogP contribution is 2.22. The lowest BCUT2D eigenvalue weighted by Crippen LogP contribution is -2.49. The largest absolute Gasteiger partial charge is 0.350 e. The lowest BCUT2D eigenvalue weighted by atomic mass is 10.1. The van der Waals surface area contributed by atoms with Crippen LogP contribution in [0.4, 0.5) is 0 Å². The van der Waals surface area contributed by atoms with Crippen LogP contribution >= 0.6 is 23.2 Å². The van der Waals surface area contributed by atoms with E-state index in [2.05, 4.69) is 10.6 Å². The van der Waals surface area contributed by atoms with Gasteiger partial charge in [-0.3, -0.25) is 4.79 Å². The van der Waals surface area contributed by atoms with Gasteiger partial charge in [0.2, 0.25) is 5.91 Å². The molecule has 0 fully saturated rings. The molecule has 0 spiro atoms. The maximum Gasteiger partial charge on any atom is 0.237 e. The number of hydrogen-bond acceptors (Lipinski definition) is 2. The minimum atomic E-state index is -0.270. The van der Waals surface area contributed by atoms with Crippen LogP contribution in [0.3, 0.4) is 0 Å². The second-order valence-corrected chi connectivity index (χ2v) is 6.40. The monoisotopic (exact) mass is 302 g/mol. The van der Waals surface area contributed by atoms with Gasteiger partial charge >= 0.3 is 0 Å². The molecular formula is C14H20Cl2N2O. The number of hydrogen-bond donors (Lipinski definition) is 2. The Morgan fingerprint density at radius 2 is 1.89 bits per heavy atom. The quantitative estimate of drug-likeness (QED) is 0.895. The molecule has 1 aromatic rings. The summed E-state index contributed by atoms with van der Waals surface area (Å²) in [7, 11) is 0. The van der Waals surface area contributed by atoms with Crippen LogP contribution in [0.1, 0.15) is 33.3 Å². The first-order valence-electron chi connectivity index (χ1n) is 6.18. The molecule has 106 valence electrons. The van der Waals surface area contributed by atoms with Gasteiger partial charge in [-0.2, -0.15) is 0 Å². The van der Waals surface area contributed by atoms with Crippen LogP contribution in [0.2, 0.25) is 10.0 Å². The molecule has 19 heavy (non-hydrogen) atoms. The summed E-state index contributed by atoms with van der Waals surface area (Å²) >= 11 is 11.8. The molecule has 0 heterocycles. The second-order valence-electron chi connectivity index (χ2n) is 5.59. The molecule has 0 aliphatic heterocycles. The lowest BCUT2D eigenvalue weighted by Gasteiger charge is -2.23. The Balaban J connectivity index is 2.52. The van der Waals surface area contributed by atoms with Crippen molar-refractivity contribution >= 4 is 29.1 Å². The zero-order chi connectivity index (χ0) is 14.6. The van der Waals surface area contributed by atoms with E-state index in [0.717, 1.165) is 5.56 Å². The van der Waals surface area contributed by atoms with Gasteiger partial charge in [-0.25, -0.2) is 0 Å². The van der Waals surface area contributed by atoms with E-state index in [1.807, 2.05) is 33.8 Å². The fraction of sp³-hybridized carbons (Fsp3) is 0.500. The SMILES string of the molecule is CC(NCc1ccc(Cl)c(Cl)c1)C(=O)NC(C)(C)C. The normalized spacial score (nSPS) is 13.2. The maximum absolute atomic E-state index is 11.9. The van der Waals surface area contributed by atoms with Crippen LogP contribution in [0.15, 0.2) is 18.2 Å². The Bertz CT molecular complexity index is 455. The Morgan fingerprint density at radius 1 is 1.26 bits per heavy atom. The average Bonchev–Trinajstić information content (AvgIpc) is 2.28. The van der Waals surface area contributed by atoms with Gasteiger partial charge in [0, 0.05) is 12.1 Å². The maximum atomic E-state index is 11.9. The van der Waals surface area contributed by atoms with E-state index in [1.54, 1.807) is 12.1 Å². The molecule has 0 aromatic heterocycles. The molecule has 2 N–H and O–H groups in total. The Morgan fingerprint density at radius 3 is 2.42 bits per heavy atom. The predicted octanol–water partition coefficient (Wildman–Crippen LogP) is 3.39. The molecular weight excluding hydrogens is 283 g/mol. The minimum Gasteiger partial charge on any atom is -0.350 e. The zero-order valence-corrected chi connectivity index (χ0v) is 13.2. The molecule has 1 atom stereocenters. The van der Waals surface area contributed by atoms with Crippen LogP contribution in [0.25, 0.3) is 0 Å². The lowest BCUT2D eigenvalue weighted by molar-refractivity contribution is -0.124. The van der Waals surface area contributed by atoms with Gasteiger partial charge in [0.1, 0.15) is 0 Å². The summed E-state index contributed by atoms with van der Waals surface area (Å²) in [5.41, 5.74) is 0.765. The molecule has 1 amide bonds. The molecule has 1 unspecified atom stereocenters. The van der Waals surface area contributed by atoms with E-state index < -0.39 is 0 Å². The van der Waals surface area contributed by atoms with E-state index >= 15 is 0 Å². The first-order chi connectivity index (χ1) is 8.69. The summed E-state index contributed by atoms with van der Waals surface area (Å²) in [4.78, 5) is 11.9. The Hall–Kier alpha value is -0.770. The van der Waals surface area contributed by atoms with Crippen LogP contribution in [0, 0.1) is 0 Å². The van der Waals surface area contributed by atoms with Crippen LogP contribution in [-0.4, -0.2) is 17.5 Å². The van der Waals surface area contributed by atoms with Crippen molar-refractivity contribution in [2.75, 3.05) is 0 Å². The van der Waals surface area contributed by atoms with E-state index in [0.29, 0.717) is 16.6 Å². The van der Waals surface area contributed by atoms with Crippen LogP contribution in [-0.2, 0) is 11.3 Å². The second kappa shape index (κ2) is 6.60. The fourth-order valence-electron chi connectivity index (χ4n) is 1.49. The molecule has 0 aliphatic rings. The van der Waals surface area contributed by atoms with E-state index in [-0.39, 0.29) is 17.5 Å².